The number of esters is 1. The van der Waals surface area contributed by atoms with E-state index in [1.54, 1.807) is 0 Å². The molecule has 0 aromatic rings. The Balaban J connectivity index is 2.57. The van der Waals surface area contributed by atoms with Crippen molar-refractivity contribution in [1.82, 2.24) is 5.32 Å². The standard InChI is InChI=1S/C13H25NO2/c1-4-9-14-13(5-2,11-7-8-11)10-12(15)16-6-3/h11,14H,4-10H2,1-3H3. The molecular formula is C13H25NO2. The minimum atomic E-state index is -0.0557. The molecule has 0 amide bonds. The molecule has 1 aliphatic rings. The van der Waals surface area contributed by atoms with E-state index in [9.17, 15) is 4.79 Å². The largest absolute Gasteiger partial charge is 0.466 e. The van der Waals surface area contributed by atoms with Gasteiger partial charge in [-0.1, -0.05) is 13.8 Å². The first-order valence-electron chi connectivity index (χ1n) is 6.59. The first-order valence-corrected chi connectivity index (χ1v) is 6.59. The lowest BCUT2D eigenvalue weighted by Gasteiger charge is -2.33. The van der Waals surface area contributed by atoms with Gasteiger partial charge in [0.1, 0.15) is 0 Å². The highest BCUT2D eigenvalue weighted by atomic mass is 16.5. The molecule has 3 heteroatoms. The first kappa shape index (κ1) is 13.5. The van der Waals surface area contributed by atoms with Crippen LogP contribution in [0.1, 0.15) is 52.9 Å². The molecule has 0 heterocycles. The first-order chi connectivity index (χ1) is 7.68. The number of hydrogen-bond donors (Lipinski definition) is 1. The number of carbonyl (C=O) groups excluding carboxylic acids is 1. The van der Waals surface area contributed by atoms with E-state index in [0.717, 1.165) is 19.4 Å². The fourth-order valence-electron chi connectivity index (χ4n) is 2.37. The van der Waals surface area contributed by atoms with Gasteiger partial charge in [-0.15, -0.1) is 0 Å². The van der Waals surface area contributed by atoms with Gasteiger partial charge in [0.2, 0.25) is 0 Å². The van der Waals surface area contributed by atoms with Crippen LogP contribution < -0.4 is 5.32 Å². The molecule has 0 spiro atoms. The van der Waals surface area contributed by atoms with Crippen LogP contribution in [0.25, 0.3) is 0 Å². The lowest BCUT2D eigenvalue weighted by atomic mass is 9.86. The zero-order chi connectivity index (χ0) is 12.0. The van der Waals surface area contributed by atoms with Crippen molar-refractivity contribution in [2.75, 3.05) is 13.2 Å². The highest BCUT2D eigenvalue weighted by Crippen LogP contribution is 2.43. The van der Waals surface area contributed by atoms with Crippen molar-refractivity contribution in [1.29, 1.82) is 0 Å². The van der Waals surface area contributed by atoms with Crippen LogP contribution in [-0.4, -0.2) is 24.7 Å². The maximum absolute atomic E-state index is 11.7. The highest BCUT2D eigenvalue weighted by Gasteiger charge is 2.44. The normalized spacial score (nSPS) is 19.2. The van der Waals surface area contributed by atoms with Crippen LogP contribution in [0, 0.1) is 5.92 Å². The quantitative estimate of drug-likeness (QED) is 0.647. The van der Waals surface area contributed by atoms with Crippen molar-refractivity contribution < 1.29 is 9.53 Å². The molecule has 1 saturated carbocycles. The second kappa shape index (κ2) is 6.24. The summed E-state index contributed by atoms with van der Waals surface area (Å²) < 4.78 is 5.08. The van der Waals surface area contributed by atoms with E-state index in [2.05, 4.69) is 19.2 Å². The number of nitrogens with one attached hydrogen (secondary N) is 1. The maximum Gasteiger partial charge on any atom is 0.307 e. The zero-order valence-electron chi connectivity index (χ0n) is 10.8. The summed E-state index contributed by atoms with van der Waals surface area (Å²) >= 11 is 0. The molecule has 1 N–H and O–H groups in total. The van der Waals surface area contributed by atoms with Gasteiger partial charge in [0, 0.05) is 5.54 Å². The topological polar surface area (TPSA) is 38.3 Å². The fraction of sp³-hybridized carbons (Fsp3) is 0.923. The smallest absolute Gasteiger partial charge is 0.307 e. The monoisotopic (exact) mass is 227 g/mol. The van der Waals surface area contributed by atoms with Gasteiger partial charge in [-0.3, -0.25) is 4.79 Å². The van der Waals surface area contributed by atoms with E-state index in [-0.39, 0.29) is 11.5 Å². The summed E-state index contributed by atoms with van der Waals surface area (Å²) in [6.45, 7) is 7.66. The Labute approximate surface area is 98.9 Å². The second-order valence-corrected chi connectivity index (χ2v) is 4.69. The summed E-state index contributed by atoms with van der Waals surface area (Å²) in [5.74, 6) is 0.619. The van der Waals surface area contributed by atoms with Crippen molar-refractivity contribution in [3.63, 3.8) is 0 Å². The molecule has 0 radical (unpaired) electrons. The van der Waals surface area contributed by atoms with Gasteiger partial charge in [0.25, 0.3) is 0 Å². The number of ether oxygens (including phenoxy) is 1. The van der Waals surface area contributed by atoms with Crippen molar-refractivity contribution >= 4 is 5.97 Å². The van der Waals surface area contributed by atoms with Crippen LogP contribution in [0.5, 0.6) is 0 Å². The second-order valence-electron chi connectivity index (χ2n) is 4.69. The molecule has 0 saturated heterocycles. The molecule has 1 atom stereocenters. The van der Waals surface area contributed by atoms with Crippen LogP contribution in [0.4, 0.5) is 0 Å². The fourth-order valence-corrected chi connectivity index (χ4v) is 2.37. The number of hydrogen-bond acceptors (Lipinski definition) is 3. The van der Waals surface area contributed by atoms with Crippen molar-refractivity contribution in [2.45, 2.75) is 58.4 Å². The molecule has 0 aliphatic heterocycles. The summed E-state index contributed by atoms with van der Waals surface area (Å²) in [4.78, 5) is 11.7. The highest BCUT2D eigenvalue weighted by molar-refractivity contribution is 5.71. The van der Waals surface area contributed by atoms with Gasteiger partial charge in [-0.25, -0.2) is 0 Å². The molecule has 1 rings (SSSR count). The molecule has 0 aromatic heterocycles. The summed E-state index contributed by atoms with van der Waals surface area (Å²) in [5.41, 5.74) is 0.00225. The summed E-state index contributed by atoms with van der Waals surface area (Å²) in [5, 5.41) is 3.58. The van der Waals surface area contributed by atoms with E-state index in [4.69, 9.17) is 4.74 Å². The van der Waals surface area contributed by atoms with E-state index in [0.29, 0.717) is 18.9 Å². The average molecular weight is 227 g/mol. The van der Waals surface area contributed by atoms with Gasteiger partial charge in [-0.05, 0) is 45.1 Å². The number of rotatable bonds is 8. The molecule has 1 unspecified atom stereocenters. The third kappa shape index (κ3) is 3.48. The van der Waals surface area contributed by atoms with Gasteiger partial charge in [0.05, 0.1) is 13.0 Å². The average Bonchev–Trinajstić information content (AvgIpc) is 3.08. The summed E-state index contributed by atoms with van der Waals surface area (Å²) in [7, 11) is 0. The Hall–Kier alpha value is -0.570. The maximum atomic E-state index is 11.7. The van der Waals surface area contributed by atoms with Crippen LogP contribution >= 0.6 is 0 Å². The van der Waals surface area contributed by atoms with Crippen molar-refractivity contribution in [3.05, 3.63) is 0 Å². The van der Waals surface area contributed by atoms with Crippen molar-refractivity contribution in [2.24, 2.45) is 5.92 Å². The Kier molecular flexibility index (Phi) is 5.26. The minimum absolute atomic E-state index is 0.00225. The number of carbonyl (C=O) groups is 1. The van der Waals surface area contributed by atoms with Crippen molar-refractivity contribution in [3.8, 4) is 0 Å². The van der Waals surface area contributed by atoms with E-state index in [1.165, 1.54) is 12.8 Å². The van der Waals surface area contributed by atoms with E-state index < -0.39 is 0 Å². The molecule has 3 nitrogen and oxygen atoms in total. The van der Waals surface area contributed by atoms with Gasteiger partial charge < -0.3 is 10.1 Å². The van der Waals surface area contributed by atoms with E-state index >= 15 is 0 Å². The third-order valence-corrected chi connectivity index (χ3v) is 3.48. The van der Waals surface area contributed by atoms with E-state index in [1.807, 2.05) is 6.92 Å². The van der Waals surface area contributed by atoms with Gasteiger partial charge >= 0.3 is 5.97 Å². The van der Waals surface area contributed by atoms with Crippen LogP contribution in [-0.2, 0) is 9.53 Å². The molecule has 0 aromatic carbocycles. The molecule has 1 aliphatic carbocycles. The molecular weight excluding hydrogens is 202 g/mol. The minimum Gasteiger partial charge on any atom is -0.466 e. The van der Waals surface area contributed by atoms with Gasteiger partial charge in [-0.2, -0.15) is 0 Å². The zero-order valence-corrected chi connectivity index (χ0v) is 10.8. The van der Waals surface area contributed by atoms with Crippen LogP contribution in [0.15, 0.2) is 0 Å². The lowest BCUT2D eigenvalue weighted by molar-refractivity contribution is -0.145. The Morgan fingerprint density at radius 2 is 2.06 bits per heavy atom. The third-order valence-electron chi connectivity index (χ3n) is 3.48. The molecule has 94 valence electrons. The summed E-state index contributed by atoms with van der Waals surface area (Å²) in [6.07, 6.45) is 5.16. The molecule has 0 bridgehead atoms. The SMILES string of the molecule is CCCNC(CC)(CC(=O)OCC)C1CC1. The van der Waals surface area contributed by atoms with Gasteiger partial charge in [0.15, 0.2) is 0 Å². The lowest BCUT2D eigenvalue weighted by Crippen LogP contribution is -2.49. The predicted molar refractivity (Wildman–Crippen MR) is 65.3 cm³/mol. The Morgan fingerprint density at radius 3 is 2.50 bits per heavy atom. The summed E-state index contributed by atoms with van der Waals surface area (Å²) in [6, 6.07) is 0. The van der Waals surface area contributed by atoms with Crippen LogP contribution in [0.3, 0.4) is 0 Å². The Bertz CT molecular complexity index is 226. The molecule has 16 heavy (non-hydrogen) atoms. The molecule has 1 fully saturated rings. The Morgan fingerprint density at radius 1 is 1.38 bits per heavy atom. The predicted octanol–water partition coefficient (Wildman–Crippen LogP) is 2.50. The van der Waals surface area contributed by atoms with Crippen LogP contribution in [0.2, 0.25) is 0 Å².